The molecule has 0 bridgehead atoms. The van der Waals surface area contributed by atoms with Gasteiger partial charge in [0.1, 0.15) is 5.69 Å². The molecule has 0 unspecified atom stereocenters. The Morgan fingerprint density at radius 1 is 0.800 bits per heavy atom. The molecule has 4 nitrogen and oxygen atoms in total. The van der Waals surface area contributed by atoms with E-state index in [-0.39, 0.29) is 5.92 Å². The molecule has 0 aliphatic carbocycles. The van der Waals surface area contributed by atoms with Crippen molar-refractivity contribution in [3.63, 3.8) is 0 Å². The molecule has 1 saturated heterocycles. The molecule has 0 saturated carbocycles. The fraction of sp³-hybridized carbons (Fsp3) is 0.323. The van der Waals surface area contributed by atoms with Crippen LogP contribution in [-0.4, -0.2) is 40.2 Å². The molecule has 1 N–H and O–H groups in total. The average molecular weight is 467 g/mol. The highest BCUT2D eigenvalue weighted by molar-refractivity contribution is 5.99. The number of aromatic nitrogens is 1. The summed E-state index contributed by atoms with van der Waals surface area (Å²) < 4.78 is 2.05. The van der Waals surface area contributed by atoms with Gasteiger partial charge in [-0.15, -0.1) is 0 Å². The van der Waals surface area contributed by atoms with Gasteiger partial charge in [0.2, 0.25) is 0 Å². The lowest BCUT2D eigenvalue weighted by Gasteiger charge is -2.27. The van der Waals surface area contributed by atoms with E-state index in [9.17, 15) is 9.90 Å². The van der Waals surface area contributed by atoms with Gasteiger partial charge in [-0.3, -0.25) is 0 Å². The number of piperidine rings is 1. The van der Waals surface area contributed by atoms with E-state index in [1.807, 2.05) is 12.1 Å². The third kappa shape index (κ3) is 4.76. The van der Waals surface area contributed by atoms with Crippen LogP contribution in [0.15, 0.2) is 72.8 Å². The number of hydrogen-bond donors (Lipinski definition) is 1. The lowest BCUT2D eigenvalue weighted by molar-refractivity contribution is 0.0683. The SMILES string of the molecule is Cc1ccc(C(c2ccc(C)cc2)c2c(C(=O)O)n(CCN3CCCCC3)c3ccccc23)cc1. The van der Waals surface area contributed by atoms with Crippen LogP contribution in [0.5, 0.6) is 0 Å². The van der Waals surface area contributed by atoms with Crippen molar-refractivity contribution in [2.45, 2.75) is 45.6 Å². The minimum atomic E-state index is -0.862. The Balaban J connectivity index is 1.70. The Hall–Kier alpha value is -3.37. The Morgan fingerprint density at radius 3 is 1.94 bits per heavy atom. The molecule has 2 heterocycles. The Morgan fingerprint density at radius 2 is 1.37 bits per heavy atom. The second kappa shape index (κ2) is 10.1. The van der Waals surface area contributed by atoms with E-state index in [1.54, 1.807) is 0 Å². The van der Waals surface area contributed by atoms with Gasteiger partial charge in [0.05, 0.1) is 0 Å². The van der Waals surface area contributed by atoms with Crippen molar-refractivity contribution in [1.82, 2.24) is 9.47 Å². The zero-order valence-electron chi connectivity index (χ0n) is 20.7. The third-order valence-corrected chi connectivity index (χ3v) is 7.41. The zero-order chi connectivity index (χ0) is 24.4. The molecule has 4 heteroatoms. The Kier molecular flexibility index (Phi) is 6.74. The first-order valence-corrected chi connectivity index (χ1v) is 12.7. The number of carboxylic acids is 1. The topological polar surface area (TPSA) is 45.5 Å². The van der Waals surface area contributed by atoms with Crippen molar-refractivity contribution in [2.75, 3.05) is 19.6 Å². The number of hydrogen-bond acceptors (Lipinski definition) is 2. The second-order valence-electron chi connectivity index (χ2n) is 9.89. The molecule has 1 aliphatic heterocycles. The number of carbonyl (C=O) groups is 1. The summed E-state index contributed by atoms with van der Waals surface area (Å²) in [5.41, 5.74) is 6.91. The maximum Gasteiger partial charge on any atom is 0.352 e. The highest BCUT2D eigenvalue weighted by Crippen LogP contribution is 2.40. The van der Waals surface area contributed by atoms with Crippen molar-refractivity contribution in [3.05, 3.63) is 106 Å². The molecular formula is C31H34N2O2. The fourth-order valence-electron chi connectivity index (χ4n) is 5.55. The van der Waals surface area contributed by atoms with Gasteiger partial charge in [0.15, 0.2) is 0 Å². The molecule has 1 aliphatic rings. The van der Waals surface area contributed by atoms with Crippen molar-refractivity contribution in [1.29, 1.82) is 0 Å². The summed E-state index contributed by atoms with van der Waals surface area (Å²) in [5, 5.41) is 11.6. The van der Waals surface area contributed by atoms with Crippen LogP contribution in [-0.2, 0) is 6.54 Å². The number of aromatic carboxylic acids is 1. The van der Waals surface area contributed by atoms with Gasteiger partial charge < -0.3 is 14.6 Å². The molecule has 3 aromatic carbocycles. The van der Waals surface area contributed by atoms with E-state index in [1.165, 1.54) is 30.4 Å². The fourth-order valence-corrected chi connectivity index (χ4v) is 5.55. The van der Waals surface area contributed by atoms with E-state index in [2.05, 4.69) is 84.0 Å². The van der Waals surface area contributed by atoms with E-state index in [0.717, 1.165) is 47.2 Å². The summed E-state index contributed by atoms with van der Waals surface area (Å²) in [6, 6.07) is 25.2. The summed E-state index contributed by atoms with van der Waals surface area (Å²) >= 11 is 0. The number of carboxylic acid groups (broad SMARTS) is 1. The van der Waals surface area contributed by atoms with Crippen LogP contribution in [0.1, 0.15) is 63.5 Å². The van der Waals surface area contributed by atoms with E-state index in [0.29, 0.717) is 12.2 Å². The maximum atomic E-state index is 12.9. The van der Waals surface area contributed by atoms with Crippen molar-refractivity contribution in [3.8, 4) is 0 Å². The largest absolute Gasteiger partial charge is 0.477 e. The molecular weight excluding hydrogens is 432 g/mol. The highest BCUT2D eigenvalue weighted by Gasteiger charge is 2.30. The first kappa shape index (κ1) is 23.4. The Bertz CT molecular complexity index is 1270. The zero-order valence-corrected chi connectivity index (χ0v) is 20.7. The monoisotopic (exact) mass is 466 g/mol. The molecule has 5 rings (SSSR count). The molecule has 4 aromatic rings. The minimum absolute atomic E-state index is 0.163. The van der Waals surface area contributed by atoms with Crippen molar-refractivity contribution in [2.24, 2.45) is 0 Å². The molecule has 1 aromatic heterocycles. The normalized spacial score (nSPS) is 14.6. The third-order valence-electron chi connectivity index (χ3n) is 7.41. The number of benzene rings is 3. The summed E-state index contributed by atoms with van der Waals surface area (Å²) in [5.74, 6) is -1.03. The molecule has 0 amide bonds. The van der Waals surface area contributed by atoms with E-state index < -0.39 is 5.97 Å². The van der Waals surface area contributed by atoms with E-state index >= 15 is 0 Å². The van der Waals surface area contributed by atoms with Gasteiger partial charge in [0, 0.05) is 35.5 Å². The number of nitrogens with zero attached hydrogens (tertiary/aromatic N) is 2. The number of fused-ring (bicyclic) bond motifs is 1. The minimum Gasteiger partial charge on any atom is -0.477 e. The highest BCUT2D eigenvalue weighted by atomic mass is 16.4. The van der Waals surface area contributed by atoms with Gasteiger partial charge in [-0.2, -0.15) is 0 Å². The number of para-hydroxylation sites is 1. The molecule has 35 heavy (non-hydrogen) atoms. The van der Waals surface area contributed by atoms with Gasteiger partial charge in [0.25, 0.3) is 0 Å². The van der Waals surface area contributed by atoms with Crippen LogP contribution in [0.2, 0.25) is 0 Å². The van der Waals surface area contributed by atoms with Gasteiger partial charge in [-0.1, -0.05) is 84.3 Å². The predicted molar refractivity (Wildman–Crippen MR) is 142 cm³/mol. The van der Waals surface area contributed by atoms with Crippen LogP contribution < -0.4 is 0 Å². The first-order valence-electron chi connectivity index (χ1n) is 12.7. The Labute approximate surface area is 207 Å². The molecule has 180 valence electrons. The van der Waals surface area contributed by atoms with Gasteiger partial charge in [-0.25, -0.2) is 4.79 Å². The van der Waals surface area contributed by atoms with Crippen molar-refractivity contribution < 1.29 is 9.90 Å². The summed E-state index contributed by atoms with van der Waals surface area (Å²) in [6.07, 6.45) is 3.75. The van der Waals surface area contributed by atoms with Crippen LogP contribution in [0, 0.1) is 13.8 Å². The van der Waals surface area contributed by atoms with Crippen LogP contribution in [0.3, 0.4) is 0 Å². The van der Waals surface area contributed by atoms with Crippen molar-refractivity contribution >= 4 is 16.9 Å². The smallest absolute Gasteiger partial charge is 0.352 e. The van der Waals surface area contributed by atoms with Crippen LogP contribution in [0.4, 0.5) is 0 Å². The summed E-state index contributed by atoms with van der Waals surface area (Å²) in [4.78, 5) is 15.4. The summed E-state index contributed by atoms with van der Waals surface area (Å²) in [6.45, 7) is 7.92. The molecule has 0 radical (unpaired) electrons. The van der Waals surface area contributed by atoms with E-state index in [4.69, 9.17) is 0 Å². The maximum absolute atomic E-state index is 12.9. The summed E-state index contributed by atoms with van der Waals surface area (Å²) in [7, 11) is 0. The van der Waals surface area contributed by atoms with Crippen LogP contribution >= 0.6 is 0 Å². The molecule has 0 atom stereocenters. The number of rotatable bonds is 7. The average Bonchev–Trinajstić information content (AvgIpc) is 3.20. The number of likely N-dealkylation sites (tertiary alicyclic amines) is 1. The lowest BCUT2D eigenvalue weighted by atomic mass is 9.83. The molecule has 1 fully saturated rings. The predicted octanol–water partition coefficient (Wildman–Crippen LogP) is 6.62. The quantitative estimate of drug-likeness (QED) is 0.333. The second-order valence-corrected chi connectivity index (χ2v) is 9.89. The first-order chi connectivity index (χ1) is 17.0. The van der Waals surface area contributed by atoms with Crippen LogP contribution in [0.25, 0.3) is 10.9 Å². The van der Waals surface area contributed by atoms with Gasteiger partial charge in [-0.05, 0) is 57.0 Å². The molecule has 0 spiro atoms. The number of aryl methyl sites for hydroxylation is 2. The standard InChI is InChI=1S/C31H34N2O2/c1-22-10-14-24(15-11-22)28(25-16-12-23(2)13-17-25)29-26-8-4-5-9-27(26)33(30(29)31(34)35)21-20-32-18-6-3-7-19-32/h4-5,8-17,28H,3,6-7,18-21H2,1-2H3,(H,34,35). The van der Waals surface area contributed by atoms with Gasteiger partial charge >= 0.3 is 5.97 Å². The lowest BCUT2D eigenvalue weighted by Crippen LogP contribution is -2.33.